The van der Waals surface area contributed by atoms with Crippen molar-refractivity contribution in [3.05, 3.63) is 90.0 Å². The number of halogens is 18. The van der Waals surface area contributed by atoms with Gasteiger partial charge in [-0.2, -0.15) is 79.0 Å². The van der Waals surface area contributed by atoms with E-state index < -0.39 is 79.8 Å². The molecule has 0 heterocycles. The van der Waals surface area contributed by atoms with Gasteiger partial charge in [0.2, 0.25) is 0 Å². The van der Waals surface area contributed by atoms with E-state index in [-0.39, 0.29) is 10.6 Å². The Bertz CT molecular complexity index is 1400. The zero-order valence-electron chi connectivity index (χ0n) is 22.7. The molecule has 0 spiro atoms. The molecule has 0 aliphatic rings. The van der Waals surface area contributed by atoms with Crippen LogP contribution in [-0.4, -0.2) is 47.9 Å². The Kier molecular flexibility index (Phi) is 10.1. The maximum absolute atomic E-state index is 14.1. The van der Waals surface area contributed by atoms with Crippen LogP contribution in [0.3, 0.4) is 0 Å². The largest absolute Gasteiger partial charge is 0.460 e. The Morgan fingerprint density at radius 2 is 0.617 bits per heavy atom. The molecule has 0 aliphatic carbocycles. The molecule has 0 nitrogen and oxygen atoms in total. The van der Waals surface area contributed by atoms with Crippen molar-refractivity contribution in [1.29, 1.82) is 0 Å². The van der Waals surface area contributed by atoms with Gasteiger partial charge in [-0.05, 0) is 35.0 Å². The summed E-state index contributed by atoms with van der Waals surface area (Å²) in [4.78, 5) is 0. The molecule has 0 unspecified atom stereocenters. The van der Waals surface area contributed by atoms with Crippen LogP contribution in [0.15, 0.2) is 78.9 Å². The summed E-state index contributed by atoms with van der Waals surface area (Å²) in [6, 6.07) is 14.5. The quantitative estimate of drug-likeness (QED) is 0.137. The molecule has 47 heavy (non-hydrogen) atoms. The average molecular weight is 726 g/mol. The summed E-state index contributed by atoms with van der Waals surface area (Å²) in [6.07, 6.45) is -18.5. The van der Waals surface area contributed by atoms with E-state index in [9.17, 15) is 79.0 Å². The van der Waals surface area contributed by atoms with Gasteiger partial charge in [-0.3, -0.25) is 0 Å². The molecule has 0 saturated carbocycles. The lowest BCUT2D eigenvalue weighted by Crippen LogP contribution is -2.61. The summed E-state index contributed by atoms with van der Waals surface area (Å²) in [7, 11) is -1.86. The van der Waals surface area contributed by atoms with Gasteiger partial charge in [0.1, 0.15) is 0 Å². The first-order chi connectivity index (χ1) is 21.1. The minimum Gasteiger partial charge on any atom is -0.199 e. The maximum Gasteiger partial charge on any atom is 0.460 e. The summed E-state index contributed by atoms with van der Waals surface area (Å²) >= 11 is 0. The van der Waals surface area contributed by atoms with Gasteiger partial charge < -0.3 is 0 Å². The molecule has 260 valence electrons. The van der Waals surface area contributed by atoms with E-state index in [4.69, 9.17) is 0 Å². The van der Waals surface area contributed by atoms with Crippen LogP contribution in [0.2, 0.25) is 0 Å². The smallest absolute Gasteiger partial charge is 0.199 e. The molecule has 0 amide bonds. The topological polar surface area (TPSA) is 0 Å². The highest BCUT2D eigenvalue weighted by Crippen LogP contribution is 2.55. The summed E-state index contributed by atoms with van der Waals surface area (Å²) in [5, 5.41) is 0.756. The van der Waals surface area contributed by atoms with Gasteiger partial charge in [0.05, 0.1) is 0 Å². The van der Waals surface area contributed by atoms with Crippen LogP contribution in [0.1, 0.15) is 11.1 Å². The first-order valence-corrected chi connectivity index (χ1v) is 13.9. The Labute approximate surface area is 254 Å². The molecular formula is C28H17F18P. The van der Waals surface area contributed by atoms with Gasteiger partial charge in [0.15, 0.2) is 0 Å². The highest BCUT2D eigenvalue weighted by atomic mass is 31.1. The molecule has 0 radical (unpaired) electrons. The highest BCUT2D eigenvalue weighted by Gasteiger charge is 2.82. The SMILES string of the molecule is FC(F)(F)C(F)(F)C(F)(F)C(F)(F)Cc1ccc(P(c2ccccc2)c2ccc(CC(F)(F)C(F)(F)C(F)(F)C(F)(F)F)cc2)cc1. The van der Waals surface area contributed by atoms with Crippen molar-refractivity contribution < 1.29 is 79.0 Å². The fourth-order valence-electron chi connectivity index (χ4n) is 4.10. The van der Waals surface area contributed by atoms with Crippen molar-refractivity contribution in [2.75, 3.05) is 0 Å². The van der Waals surface area contributed by atoms with Crippen LogP contribution < -0.4 is 15.9 Å². The van der Waals surface area contributed by atoms with Gasteiger partial charge in [-0.25, -0.2) is 0 Å². The zero-order valence-corrected chi connectivity index (χ0v) is 23.6. The summed E-state index contributed by atoms with van der Waals surface area (Å²) < 4.78 is 239. The molecule has 0 atom stereocenters. The van der Waals surface area contributed by atoms with E-state index in [1.165, 1.54) is 24.3 Å². The van der Waals surface area contributed by atoms with Crippen molar-refractivity contribution in [3.8, 4) is 0 Å². The van der Waals surface area contributed by atoms with Gasteiger partial charge in [0.25, 0.3) is 0 Å². The van der Waals surface area contributed by atoms with E-state index in [1.54, 1.807) is 6.07 Å². The normalized spacial score (nSPS) is 14.5. The molecule has 0 saturated heterocycles. The predicted octanol–water partition coefficient (Wildman–Crippen LogP) is 9.47. The molecule has 3 aromatic carbocycles. The molecule has 19 heteroatoms. The number of hydrogen-bond acceptors (Lipinski definition) is 0. The Morgan fingerprint density at radius 1 is 0.340 bits per heavy atom. The molecule has 0 aromatic heterocycles. The summed E-state index contributed by atoms with van der Waals surface area (Å²) in [6.45, 7) is 0. The lowest BCUT2D eigenvalue weighted by Gasteiger charge is -2.33. The monoisotopic (exact) mass is 726 g/mol. The Hall–Kier alpha value is -3.17. The van der Waals surface area contributed by atoms with E-state index >= 15 is 0 Å². The van der Waals surface area contributed by atoms with Crippen molar-refractivity contribution in [2.45, 2.75) is 60.7 Å². The third-order valence-electron chi connectivity index (χ3n) is 6.68. The van der Waals surface area contributed by atoms with E-state index in [1.807, 2.05) is 0 Å². The lowest BCUT2D eigenvalue weighted by molar-refractivity contribution is -0.395. The Morgan fingerprint density at radius 3 is 0.894 bits per heavy atom. The second-order valence-corrected chi connectivity index (χ2v) is 12.3. The molecule has 0 aliphatic heterocycles. The van der Waals surface area contributed by atoms with E-state index in [0.29, 0.717) is 5.30 Å². The van der Waals surface area contributed by atoms with E-state index in [0.717, 1.165) is 48.5 Å². The predicted molar refractivity (Wildman–Crippen MR) is 134 cm³/mol. The second-order valence-electron chi connectivity index (χ2n) is 10.1. The van der Waals surface area contributed by atoms with Crippen molar-refractivity contribution in [1.82, 2.24) is 0 Å². The standard InChI is InChI=1S/C28H17F18P/c29-21(30,23(33,34)25(37,38)27(41,42)43)14-16-6-10-19(11-7-16)47(18-4-2-1-3-5-18)20-12-8-17(9-13-20)15-22(31,32)24(35,36)26(39,40)28(44,45)46/h1-13H,14-15H2. The number of benzene rings is 3. The third kappa shape index (κ3) is 7.02. The maximum atomic E-state index is 14.1. The first-order valence-electron chi connectivity index (χ1n) is 12.5. The van der Waals surface area contributed by atoms with E-state index in [2.05, 4.69) is 0 Å². The van der Waals surface area contributed by atoms with Crippen LogP contribution in [0.5, 0.6) is 0 Å². The van der Waals surface area contributed by atoms with Crippen molar-refractivity contribution in [3.63, 3.8) is 0 Å². The molecule has 0 fully saturated rings. The molecule has 0 bridgehead atoms. The van der Waals surface area contributed by atoms with Gasteiger partial charge in [-0.15, -0.1) is 0 Å². The highest BCUT2D eigenvalue weighted by molar-refractivity contribution is 7.79. The van der Waals surface area contributed by atoms with Gasteiger partial charge in [0, 0.05) is 12.8 Å². The van der Waals surface area contributed by atoms with Gasteiger partial charge in [-0.1, -0.05) is 78.9 Å². The molecule has 3 aromatic rings. The third-order valence-corrected chi connectivity index (χ3v) is 9.12. The fourth-order valence-corrected chi connectivity index (χ4v) is 6.36. The number of rotatable bonds is 11. The molecule has 3 rings (SSSR count). The molecule has 0 N–H and O–H groups in total. The van der Waals surface area contributed by atoms with Crippen LogP contribution in [0.4, 0.5) is 79.0 Å². The lowest BCUT2D eigenvalue weighted by atomic mass is 9.97. The van der Waals surface area contributed by atoms with Crippen LogP contribution >= 0.6 is 7.92 Å². The number of hydrogen-bond donors (Lipinski definition) is 0. The van der Waals surface area contributed by atoms with Crippen LogP contribution in [-0.2, 0) is 12.8 Å². The summed E-state index contributed by atoms with van der Waals surface area (Å²) in [5.41, 5.74) is -1.60. The van der Waals surface area contributed by atoms with Gasteiger partial charge >= 0.3 is 47.9 Å². The van der Waals surface area contributed by atoms with Crippen LogP contribution in [0, 0.1) is 0 Å². The average Bonchev–Trinajstić information content (AvgIpc) is 2.93. The van der Waals surface area contributed by atoms with Crippen molar-refractivity contribution >= 4 is 23.8 Å². The summed E-state index contributed by atoms with van der Waals surface area (Å²) in [5.74, 6) is -39.7. The number of alkyl halides is 18. The first kappa shape index (κ1) is 38.3. The minimum atomic E-state index is -7.09. The van der Waals surface area contributed by atoms with Crippen molar-refractivity contribution in [2.24, 2.45) is 0 Å². The zero-order chi connectivity index (χ0) is 36.1. The Balaban J connectivity index is 1.94. The van der Waals surface area contributed by atoms with Crippen LogP contribution in [0.25, 0.3) is 0 Å². The molecular weight excluding hydrogens is 709 g/mol. The fraction of sp³-hybridized carbons (Fsp3) is 0.357. The minimum absolute atomic E-state index is 0.167. The second kappa shape index (κ2) is 12.4.